The van der Waals surface area contributed by atoms with Crippen molar-refractivity contribution in [1.29, 1.82) is 0 Å². The molecular weight excluding hydrogens is 226 g/mol. The van der Waals surface area contributed by atoms with Gasteiger partial charge in [-0.1, -0.05) is 26.0 Å². The second-order valence-corrected chi connectivity index (χ2v) is 4.61. The van der Waals surface area contributed by atoms with E-state index in [4.69, 9.17) is 0 Å². The van der Waals surface area contributed by atoms with Gasteiger partial charge in [-0.05, 0) is 23.6 Å². The third-order valence-corrected chi connectivity index (χ3v) is 2.77. The summed E-state index contributed by atoms with van der Waals surface area (Å²) in [7, 11) is 1.81. The summed E-state index contributed by atoms with van der Waals surface area (Å²) in [5.41, 5.74) is 1.82. The van der Waals surface area contributed by atoms with E-state index in [9.17, 15) is 4.79 Å². The molecule has 0 aliphatic rings. The Kier molecular flexibility index (Phi) is 3.46. The molecule has 4 nitrogen and oxygen atoms in total. The van der Waals surface area contributed by atoms with Gasteiger partial charge >= 0.3 is 0 Å². The van der Waals surface area contributed by atoms with Crippen LogP contribution in [0.2, 0.25) is 0 Å². The minimum atomic E-state index is -0.129. The van der Waals surface area contributed by atoms with Gasteiger partial charge < -0.3 is 5.32 Å². The zero-order valence-corrected chi connectivity index (χ0v) is 10.8. The van der Waals surface area contributed by atoms with Gasteiger partial charge in [0.15, 0.2) is 5.82 Å². The first kappa shape index (κ1) is 12.4. The van der Waals surface area contributed by atoms with Gasteiger partial charge in [0.05, 0.1) is 0 Å². The molecule has 0 spiro atoms. The number of aromatic nitrogens is 2. The van der Waals surface area contributed by atoms with Gasteiger partial charge in [-0.2, -0.15) is 5.10 Å². The van der Waals surface area contributed by atoms with Crippen molar-refractivity contribution in [1.82, 2.24) is 9.78 Å². The number of anilines is 1. The topological polar surface area (TPSA) is 46.9 Å². The largest absolute Gasteiger partial charge is 0.305 e. The van der Waals surface area contributed by atoms with E-state index in [2.05, 4.69) is 24.3 Å². The van der Waals surface area contributed by atoms with E-state index in [0.717, 1.165) is 5.56 Å². The Hall–Kier alpha value is -2.10. The number of amides is 1. The van der Waals surface area contributed by atoms with E-state index in [1.807, 2.05) is 31.3 Å². The minimum absolute atomic E-state index is 0.129. The monoisotopic (exact) mass is 243 g/mol. The van der Waals surface area contributed by atoms with Crippen LogP contribution in [-0.4, -0.2) is 15.7 Å². The maximum absolute atomic E-state index is 12.0. The second-order valence-electron chi connectivity index (χ2n) is 4.61. The van der Waals surface area contributed by atoms with Crippen LogP contribution in [0.25, 0.3) is 0 Å². The summed E-state index contributed by atoms with van der Waals surface area (Å²) in [4.78, 5) is 12.0. The predicted molar refractivity (Wildman–Crippen MR) is 71.7 cm³/mol. The molecule has 0 saturated heterocycles. The van der Waals surface area contributed by atoms with Crippen molar-refractivity contribution in [2.75, 3.05) is 5.32 Å². The fourth-order valence-corrected chi connectivity index (χ4v) is 1.71. The summed E-state index contributed by atoms with van der Waals surface area (Å²) in [6.45, 7) is 4.21. The SMILES string of the molecule is CC(C)c1cccc(C(=O)Nc2ccn(C)n2)c1. The molecule has 4 heteroatoms. The van der Waals surface area contributed by atoms with Crippen LogP contribution >= 0.6 is 0 Å². The first-order valence-electron chi connectivity index (χ1n) is 5.97. The van der Waals surface area contributed by atoms with Crippen LogP contribution < -0.4 is 5.32 Å². The molecule has 1 amide bonds. The van der Waals surface area contributed by atoms with Gasteiger partial charge in [-0.3, -0.25) is 9.48 Å². The summed E-state index contributed by atoms with van der Waals surface area (Å²) in [5, 5.41) is 6.89. The summed E-state index contributed by atoms with van der Waals surface area (Å²) in [6, 6.07) is 9.43. The molecule has 2 aromatic rings. The molecule has 0 saturated carbocycles. The number of hydrogen-bond acceptors (Lipinski definition) is 2. The van der Waals surface area contributed by atoms with Crippen LogP contribution in [0.5, 0.6) is 0 Å². The lowest BCUT2D eigenvalue weighted by molar-refractivity contribution is 0.102. The fraction of sp³-hybridized carbons (Fsp3) is 0.286. The Balaban J connectivity index is 2.16. The molecule has 0 radical (unpaired) electrons. The van der Waals surface area contributed by atoms with Crippen molar-refractivity contribution in [2.45, 2.75) is 19.8 Å². The molecule has 94 valence electrons. The Morgan fingerprint density at radius 3 is 2.72 bits per heavy atom. The lowest BCUT2D eigenvalue weighted by atomic mass is 10.0. The molecule has 1 heterocycles. The van der Waals surface area contributed by atoms with Gasteiger partial charge in [0.25, 0.3) is 5.91 Å². The third kappa shape index (κ3) is 2.77. The van der Waals surface area contributed by atoms with Gasteiger partial charge in [-0.25, -0.2) is 0 Å². The molecule has 2 rings (SSSR count). The second kappa shape index (κ2) is 5.04. The lowest BCUT2D eigenvalue weighted by Gasteiger charge is -2.07. The molecule has 0 unspecified atom stereocenters. The molecule has 1 N–H and O–H groups in total. The molecule has 0 atom stereocenters. The normalized spacial score (nSPS) is 10.7. The zero-order chi connectivity index (χ0) is 13.1. The van der Waals surface area contributed by atoms with Crippen LogP contribution in [0.4, 0.5) is 5.82 Å². The highest BCUT2D eigenvalue weighted by molar-refractivity contribution is 6.03. The standard InChI is InChI=1S/C14H17N3O/c1-10(2)11-5-4-6-12(9-11)14(18)15-13-7-8-17(3)16-13/h4-10H,1-3H3,(H,15,16,18). The van der Waals surface area contributed by atoms with Crippen molar-refractivity contribution in [3.8, 4) is 0 Å². The van der Waals surface area contributed by atoms with Crippen molar-refractivity contribution < 1.29 is 4.79 Å². The maximum Gasteiger partial charge on any atom is 0.256 e. The molecule has 0 fully saturated rings. The van der Waals surface area contributed by atoms with E-state index >= 15 is 0 Å². The number of benzene rings is 1. The zero-order valence-electron chi connectivity index (χ0n) is 10.8. The highest BCUT2D eigenvalue weighted by Gasteiger charge is 2.09. The Bertz CT molecular complexity index is 558. The molecule has 0 bridgehead atoms. The molecule has 0 aliphatic carbocycles. The average molecular weight is 243 g/mol. The van der Waals surface area contributed by atoms with Crippen molar-refractivity contribution >= 4 is 11.7 Å². The summed E-state index contributed by atoms with van der Waals surface area (Å²) >= 11 is 0. The number of hydrogen-bond donors (Lipinski definition) is 1. The Labute approximate surface area is 107 Å². The smallest absolute Gasteiger partial charge is 0.256 e. The molecule has 18 heavy (non-hydrogen) atoms. The van der Waals surface area contributed by atoms with Crippen molar-refractivity contribution in [2.24, 2.45) is 7.05 Å². The number of nitrogens with zero attached hydrogens (tertiary/aromatic N) is 2. The number of carbonyl (C=O) groups is 1. The summed E-state index contributed by atoms with van der Waals surface area (Å²) in [6.07, 6.45) is 1.79. The molecule has 0 aliphatic heterocycles. The van der Waals surface area contributed by atoms with Crippen LogP contribution in [0.1, 0.15) is 35.7 Å². The average Bonchev–Trinajstić information content (AvgIpc) is 2.75. The van der Waals surface area contributed by atoms with Crippen LogP contribution in [0.15, 0.2) is 36.5 Å². The van der Waals surface area contributed by atoms with Crippen LogP contribution in [0, 0.1) is 0 Å². The fourth-order valence-electron chi connectivity index (χ4n) is 1.71. The van der Waals surface area contributed by atoms with E-state index in [1.54, 1.807) is 16.9 Å². The predicted octanol–water partition coefficient (Wildman–Crippen LogP) is 2.80. The highest BCUT2D eigenvalue weighted by atomic mass is 16.1. The first-order valence-corrected chi connectivity index (χ1v) is 5.97. The van der Waals surface area contributed by atoms with E-state index in [0.29, 0.717) is 17.3 Å². The third-order valence-electron chi connectivity index (χ3n) is 2.77. The van der Waals surface area contributed by atoms with Crippen molar-refractivity contribution in [3.63, 3.8) is 0 Å². The number of nitrogens with one attached hydrogen (secondary N) is 1. The lowest BCUT2D eigenvalue weighted by Crippen LogP contribution is -2.13. The number of rotatable bonds is 3. The quantitative estimate of drug-likeness (QED) is 0.901. The van der Waals surface area contributed by atoms with E-state index in [1.165, 1.54) is 0 Å². The number of aryl methyl sites for hydroxylation is 1. The van der Waals surface area contributed by atoms with Gasteiger partial charge in [0.1, 0.15) is 0 Å². The highest BCUT2D eigenvalue weighted by Crippen LogP contribution is 2.16. The Morgan fingerprint density at radius 1 is 1.33 bits per heavy atom. The van der Waals surface area contributed by atoms with Gasteiger partial charge in [0, 0.05) is 24.9 Å². The van der Waals surface area contributed by atoms with Gasteiger partial charge in [0.2, 0.25) is 0 Å². The number of carbonyl (C=O) groups excluding carboxylic acids is 1. The molecule has 1 aromatic heterocycles. The first-order chi connectivity index (χ1) is 8.56. The minimum Gasteiger partial charge on any atom is -0.305 e. The summed E-state index contributed by atoms with van der Waals surface area (Å²) < 4.78 is 1.65. The van der Waals surface area contributed by atoms with E-state index < -0.39 is 0 Å². The summed E-state index contributed by atoms with van der Waals surface area (Å²) in [5.74, 6) is 0.848. The Morgan fingerprint density at radius 2 is 2.11 bits per heavy atom. The molecular formula is C14H17N3O. The maximum atomic E-state index is 12.0. The van der Waals surface area contributed by atoms with E-state index in [-0.39, 0.29) is 5.91 Å². The van der Waals surface area contributed by atoms with Crippen LogP contribution in [-0.2, 0) is 7.05 Å². The van der Waals surface area contributed by atoms with Crippen molar-refractivity contribution in [3.05, 3.63) is 47.7 Å². The molecule has 1 aromatic carbocycles. The van der Waals surface area contributed by atoms with Crippen LogP contribution in [0.3, 0.4) is 0 Å². The van der Waals surface area contributed by atoms with Gasteiger partial charge in [-0.15, -0.1) is 0 Å².